The van der Waals surface area contributed by atoms with Gasteiger partial charge in [0.2, 0.25) is 17.2 Å². The maximum Gasteiger partial charge on any atom is 0.211 e. The standard InChI is InChI=1S/3C6H4O2/c3*7-4-2-1-3-5-6(4)8-5/h3*1-3,7H. The number of phenolic OH excluding ortho intramolecular Hbond substituents is 3. The van der Waals surface area contributed by atoms with Gasteiger partial charge in [-0.15, -0.1) is 0 Å². The third-order valence-electron chi connectivity index (χ3n) is 3.39. The molecule has 0 unspecified atom stereocenters. The minimum atomic E-state index is 0.238. The lowest BCUT2D eigenvalue weighted by molar-refractivity contribution is 0.463. The van der Waals surface area contributed by atoms with E-state index < -0.39 is 0 Å². The Bertz CT molecular complexity index is 812. The van der Waals surface area contributed by atoms with Crippen LogP contribution < -0.4 is 14.2 Å². The van der Waals surface area contributed by atoms with Crippen LogP contribution in [-0.4, -0.2) is 15.3 Å². The van der Waals surface area contributed by atoms with E-state index in [1.165, 1.54) is 0 Å². The minimum Gasteiger partial charge on any atom is -0.504 e. The van der Waals surface area contributed by atoms with Crippen molar-refractivity contribution in [3.05, 3.63) is 54.6 Å². The fraction of sp³-hybridized carbons (Fsp3) is 0. The van der Waals surface area contributed by atoms with Crippen molar-refractivity contribution in [3.8, 4) is 51.7 Å². The fourth-order valence-electron chi connectivity index (χ4n) is 2.03. The number of benzene rings is 3. The van der Waals surface area contributed by atoms with Crippen LogP contribution in [-0.2, 0) is 0 Å². The van der Waals surface area contributed by atoms with Gasteiger partial charge in [-0.25, -0.2) is 0 Å². The van der Waals surface area contributed by atoms with Gasteiger partial charge in [0.05, 0.1) is 0 Å². The normalized spacial score (nSPS) is 12.0. The van der Waals surface area contributed by atoms with Gasteiger partial charge in [0, 0.05) is 0 Å². The van der Waals surface area contributed by atoms with E-state index >= 15 is 0 Å². The molecule has 6 nitrogen and oxygen atoms in total. The minimum absolute atomic E-state index is 0.238. The molecule has 0 saturated carbocycles. The Balaban J connectivity index is 0.0000000911. The molecule has 120 valence electrons. The smallest absolute Gasteiger partial charge is 0.211 e. The monoisotopic (exact) mass is 324 g/mol. The van der Waals surface area contributed by atoms with Crippen LogP contribution in [0.25, 0.3) is 0 Å². The largest absolute Gasteiger partial charge is 0.504 e. The molecule has 0 fully saturated rings. The molecular formula is C18H12O6. The van der Waals surface area contributed by atoms with Gasteiger partial charge in [0.15, 0.2) is 34.5 Å². The highest BCUT2D eigenvalue weighted by Gasteiger charge is 2.24. The number of aromatic hydroxyl groups is 3. The molecular weight excluding hydrogens is 312 g/mol. The van der Waals surface area contributed by atoms with Crippen LogP contribution in [0.2, 0.25) is 0 Å². The average molecular weight is 324 g/mol. The number of hydrogen-bond acceptors (Lipinski definition) is 6. The zero-order chi connectivity index (χ0) is 16.7. The zero-order valence-electron chi connectivity index (χ0n) is 12.3. The summed E-state index contributed by atoms with van der Waals surface area (Å²) in [6.45, 7) is 0. The summed E-state index contributed by atoms with van der Waals surface area (Å²) in [6.07, 6.45) is 0. The third-order valence-corrected chi connectivity index (χ3v) is 3.39. The van der Waals surface area contributed by atoms with Crippen molar-refractivity contribution in [3.63, 3.8) is 0 Å². The van der Waals surface area contributed by atoms with E-state index in [0.29, 0.717) is 17.2 Å². The lowest BCUT2D eigenvalue weighted by Crippen LogP contribution is -1.50. The van der Waals surface area contributed by atoms with Crippen LogP contribution in [0, 0.1) is 0 Å². The molecule has 0 radical (unpaired) electrons. The number of rotatable bonds is 0. The van der Waals surface area contributed by atoms with E-state index in [4.69, 9.17) is 29.5 Å². The van der Waals surface area contributed by atoms with Crippen molar-refractivity contribution in [1.82, 2.24) is 0 Å². The third kappa shape index (κ3) is 2.85. The molecule has 0 atom stereocenters. The van der Waals surface area contributed by atoms with E-state index in [9.17, 15) is 0 Å². The summed E-state index contributed by atoms with van der Waals surface area (Å²) < 4.78 is 14.5. The van der Waals surface area contributed by atoms with E-state index in [0.717, 1.165) is 17.2 Å². The van der Waals surface area contributed by atoms with Crippen molar-refractivity contribution in [2.24, 2.45) is 0 Å². The molecule has 3 N–H and O–H groups in total. The van der Waals surface area contributed by atoms with Gasteiger partial charge in [-0.05, 0) is 36.4 Å². The summed E-state index contributed by atoms with van der Waals surface area (Å²) in [5.74, 6) is 5.00. The first kappa shape index (κ1) is 14.1. The molecule has 24 heavy (non-hydrogen) atoms. The van der Waals surface area contributed by atoms with Gasteiger partial charge in [-0.1, -0.05) is 18.2 Å². The van der Waals surface area contributed by atoms with Crippen molar-refractivity contribution >= 4 is 0 Å². The molecule has 3 aliphatic heterocycles. The summed E-state index contributed by atoms with van der Waals surface area (Å²) in [6, 6.07) is 15.5. The van der Waals surface area contributed by atoms with Crippen molar-refractivity contribution in [1.29, 1.82) is 0 Å². The van der Waals surface area contributed by atoms with Crippen LogP contribution in [0.4, 0.5) is 0 Å². The lowest BCUT2D eigenvalue weighted by Gasteiger charge is -1.77. The number of phenols is 3. The number of hydrogen-bond donors (Lipinski definition) is 3. The molecule has 0 saturated heterocycles. The molecule has 3 aliphatic rings. The SMILES string of the molecule is Oc1cccc2c1O2.Oc1cccc2c1O2.Oc1cccc2c1O2. The Hall–Kier alpha value is -3.54. The highest BCUT2D eigenvalue weighted by Crippen LogP contribution is 2.52. The summed E-state index contributed by atoms with van der Waals surface area (Å²) in [5.41, 5.74) is 0. The second kappa shape index (κ2) is 5.27. The van der Waals surface area contributed by atoms with Gasteiger partial charge in [-0.3, -0.25) is 0 Å². The first-order chi connectivity index (χ1) is 11.6. The van der Waals surface area contributed by atoms with Crippen LogP contribution in [0.5, 0.6) is 51.7 Å². The molecule has 3 heterocycles. The summed E-state index contributed by atoms with van der Waals surface area (Å²) in [5, 5.41) is 26.5. The molecule has 6 rings (SSSR count). The van der Waals surface area contributed by atoms with Gasteiger partial charge in [0.1, 0.15) is 0 Å². The molecule has 6 heteroatoms. The van der Waals surface area contributed by atoms with E-state index in [1.54, 1.807) is 36.4 Å². The molecule has 0 spiro atoms. The number of fused-ring (bicyclic) bond motifs is 3. The maximum atomic E-state index is 8.85. The highest BCUT2D eigenvalue weighted by molar-refractivity contribution is 5.63. The van der Waals surface area contributed by atoms with Crippen molar-refractivity contribution < 1.29 is 29.5 Å². The summed E-state index contributed by atoms with van der Waals surface area (Å²) in [4.78, 5) is 0. The van der Waals surface area contributed by atoms with Crippen LogP contribution >= 0.6 is 0 Å². The van der Waals surface area contributed by atoms with E-state index in [1.807, 2.05) is 18.2 Å². The predicted molar refractivity (Wildman–Crippen MR) is 84.5 cm³/mol. The van der Waals surface area contributed by atoms with E-state index in [2.05, 4.69) is 0 Å². The Morgan fingerprint density at radius 2 is 0.750 bits per heavy atom. The summed E-state index contributed by atoms with van der Waals surface area (Å²) in [7, 11) is 0. The highest BCUT2D eigenvalue weighted by atomic mass is 16.6. The average Bonchev–Trinajstić information content (AvgIpc) is 3.44. The maximum absolute atomic E-state index is 8.85. The van der Waals surface area contributed by atoms with Crippen molar-refractivity contribution in [2.45, 2.75) is 0 Å². The first-order valence-electron chi connectivity index (χ1n) is 7.13. The van der Waals surface area contributed by atoms with Crippen molar-refractivity contribution in [2.75, 3.05) is 0 Å². The zero-order valence-corrected chi connectivity index (χ0v) is 12.3. The Kier molecular flexibility index (Phi) is 3.09. The first-order valence-corrected chi connectivity index (χ1v) is 7.13. The van der Waals surface area contributed by atoms with Gasteiger partial charge >= 0.3 is 0 Å². The Morgan fingerprint density at radius 1 is 0.458 bits per heavy atom. The predicted octanol–water partition coefficient (Wildman–Crippen LogP) is 4.49. The lowest BCUT2D eigenvalue weighted by atomic mass is 10.3. The van der Waals surface area contributed by atoms with Gasteiger partial charge in [0.25, 0.3) is 0 Å². The van der Waals surface area contributed by atoms with Gasteiger partial charge < -0.3 is 29.5 Å². The molecule has 3 aromatic carbocycles. The molecule has 0 bridgehead atoms. The number of ether oxygens (including phenoxy) is 3. The molecule has 0 amide bonds. The quantitative estimate of drug-likeness (QED) is 0.356. The second-order valence-corrected chi connectivity index (χ2v) is 5.12. The van der Waals surface area contributed by atoms with Crippen LogP contribution in [0.15, 0.2) is 54.6 Å². The van der Waals surface area contributed by atoms with Crippen LogP contribution in [0.3, 0.4) is 0 Å². The van der Waals surface area contributed by atoms with Crippen LogP contribution in [0.1, 0.15) is 0 Å². The molecule has 3 aromatic rings. The van der Waals surface area contributed by atoms with E-state index in [-0.39, 0.29) is 17.2 Å². The van der Waals surface area contributed by atoms with Gasteiger partial charge in [-0.2, -0.15) is 0 Å². The molecule has 0 aliphatic carbocycles. The second-order valence-electron chi connectivity index (χ2n) is 5.12. The topological polar surface area (TPSA) is 98.3 Å². The number of para-hydroxylation sites is 3. The Labute approximate surface area is 136 Å². The summed E-state index contributed by atoms with van der Waals surface area (Å²) >= 11 is 0. The molecule has 0 aromatic heterocycles. The fourth-order valence-corrected chi connectivity index (χ4v) is 2.03. The Morgan fingerprint density at radius 3 is 0.958 bits per heavy atom.